The fourth-order valence-corrected chi connectivity index (χ4v) is 1.97. The topological polar surface area (TPSA) is 44.0 Å². The van der Waals surface area contributed by atoms with Gasteiger partial charge in [0.2, 0.25) is 0 Å². The molecule has 0 radical (unpaired) electrons. The van der Waals surface area contributed by atoms with E-state index < -0.39 is 0 Å². The maximum absolute atomic E-state index is 9.71. The molecule has 0 atom stereocenters. The highest BCUT2D eigenvalue weighted by atomic mass is 16.3. The zero-order chi connectivity index (χ0) is 14.0. The molecule has 0 fully saturated rings. The van der Waals surface area contributed by atoms with Crippen molar-refractivity contribution >= 4 is 0 Å². The molecule has 2 aromatic carbocycles. The summed E-state index contributed by atoms with van der Waals surface area (Å²) < 4.78 is 0. The lowest BCUT2D eigenvalue weighted by Gasteiger charge is -2.19. The van der Waals surface area contributed by atoms with Gasteiger partial charge in [0.05, 0.1) is 5.56 Å². The second-order valence-corrected chi connectivity index (χ2v) is 5.67. The molecule has 2 nitrogen and oxygen atoms in total. The van der Waals surface area contributed by atoms with Crippen molar-refractivity contribution in [2.75, 3.05) is 0 Å². The van der Waals surface area contributed by atoms with Crippen LogP contribution in [-0.2, 0) is 5.41 Å². The van der Waals surface area contributed by atoms with Gasteiger partial charge in [0, 0.05) is 0 Å². The van der Waals surface area contributed by atoms with Crippen LogP contribution in [0.3, 0.4) is 0 Å². The van der Waals surface area contributed by atoms with Crippen LogP contribution in [0.25, 0.3) is 11.1 Å². The molecule has 0 aliphatic rings. The Morgan fingerprint density at radius 2 is 1.53 bits per heavy atom. The minimum atomic E-state index is 0.0277. The normalized spacial score (nSPS) is 11.1. The summed E-state index contributed by atoms with van der Waals surface area (Å²) in [5.41, 5.74) is 3.65. The average molecular weight is 251 g/mol. The van der Waals surface area contributed by atoms with Gasteiger partial charge in [0.25, 0.3) is 0 Å². The third-order valence-corrected chi connectivity index (χ3v) is 3.20. The number of hydrogen-bond acceptors (Lipinski definition) is 2. The second-order valence-electron chi connectivity index (χ2n) is 5.67. The van der Waals surface area contributed by atoms with Crippen LogP contribution < -0.4 is 0 Å². The highest BCUT2D eigenvalue weighted by Gasteiger charge is 2.13. The first-order chi connectivity index (χ1) is 8.91. The van der Waals surface area contributed by atoms with Crippen LogP contribution in [0.15, 0.2) is 42.5 Å². The lowest BCUT2D eigenvalue weighted by Crippen LogP contribution is -2.10. The molecule has 0 amide bonds. The standard InChI is InChI=1S/C17H17NO/c1-17(2,3)15-8-6-12(7-9-15)13-4-5-14(11-18)16(19)10-13/h4-10,19H,1-3H3. The Hall–Kier alpha value is -2.27. The van der Waals surface area contributed by atoms with Gasteiger partial charge in [-0.1, -0.05) is 51.1 Å². The number of hydrogen-bond donors (Lipinski definition) is 1. The molecular weight excluding hydrogens is 234 g/mol. The number of phenols is 1. The quantitative estimate of drug-likeness (QED) is 0.824. The molecule has 0 saturated heterocycles. The van der Waals surface area contributed by atoms with Crippen molar-refractivity contribution in [2.45, 2.75) is 26.2 Å². The molecule has 19 heavy (non-hydrogen) atoms. The predicted octanol–water partition coefficient (Wildman–Crippen LogP) is 4.23. The van der Waals surface area contributed by atoms with E-state index in [1.54, 1.807) is 12.1 Å². The van der Waals surface area contributed by atoms with Gasteiger partial charge in [-0.2, -0.15) is 5.26 Å². The summed E-state index contributed by atoms with van der Waals surface area (Å²) in [4.78, 5) is 0. The lowest BCUT2D eigenvalue weighted by molar-refractivity contribution is 0.474. The molecule has 96 valence electrons. The number of nitriles is 1. The molecule has 0 aromatic heterocycles. The summed E-state index contributed by atoms with van der Waals surface area (Å²) in [5.74, 6) is 0.0277. The Kier molecular flexibility index (Phi) is 3.31. The van der Waals surface area contributed by atoms with Crippen LogP contribution in [0.4, 0.5) is 0 Å². The monoisotopic (exact) mass is 251 g/mol. The van der Waals surface area contributed by atoms with Crippen molar-refractivity contribution in [2.24, 2.45) is 0 Å². The first-order valence-corrected chi connectivity index (χ1v) is 6.26. The molecule has 2 aromatic rings. The minimum Gasteiger partial charge on any atom is -0.507 e. The van der Waals surface area contributed by atoms with Gasteiger partial charge >= 0.3 is 0 Å². The molecule has 0 unspecified atom stereocenters. The number of phenolic OH excluding ortho intramolecular Hbond substituents is 1. The summed E-state index contributed by atoms with van der Waals surface area (Å²) in [6.45, 7) is 6.53. The lowest BCUT2D eigenvalue weighted by atomic mass is 9.86. The zero-order valence-electron chi connectivity index (χ0n) is 11.4. The zero-order valence-corrected chi connectivity index (χ0v) is 11.4. The fraction of sp³-hybridized carbons (Fsp3) is 0.235. The minimum absolute atomic E-state index is 0.0277. The Labute approximate surface area is 114 Å². The van der Waals surface area contributed by atoms with E-state index in [0.717, 1.165) is 11.1 Å². The molecule has 0 bridgehead atoms. The Balaban J connectivity index is 2.38. The highest BCUT2D eigenvalue weighted by molar-refractivity contribution is 5.67. The van der Waals surface area contributed by atoms with E-state index in [4.69, 9.17) is 5.26 Å². The largest absolute Gasteiger partial charge is 0.507 e. The van der Waals surface area contributed by atoms with Crippen molar-refractivity contribution in [3.05, 3.63) is 53.6 Å². The average Bonchev–Trinajstić information content (AvgIpc) is 2.38. The molecule has 0 saturated carbocycles. The van der Waals surface area contributed by atoms with E-state index in [1.165, 1.54) is 5.56 Å². The van der Waals surface area contributed by atoms with Gasteiger partial charge in [-0.25, -0.2) is 0 Å². The van der Waals surface area contributed by atoms with E-state index in [1.807, 2.05) is 24.3 Å². The number of aromatic hydroxyl groups is 1. The van der Waals surface area contributed by atoms with Crippen molar-refractivity contribution in [1.82, 2.24) is 0 Å². The number of nitrogens with zero attached hydrogens (tertiary/aromatic N) is 1. The maximum atomic E-state index is 9.71. The van der Waals surface area contributed by atoms with Crippen LogP contribution in [0.1, 0.15) is 31.9 Å². The predicted molar refractivity (Wildman–Crippen MR) is 77.0 cm³/mol. The fourth-order valence-electron chi connectivity index (χ4n) is 1.97. The summed E-state index contributed by atoms with van der Waals surface area (Å²) in [6, 6.07) is 15.4. The summed E-state index contributed by atoms with van der Waals surface area (Å²) in [5, 5.41) is 18.5. The molecule has 2 heteroatoms. The first kappa shape index (κ1) is 13.2. The van der Waals surface area contributed by atoms with Crippen LogP contribution in [0.2, 0.25) is 0 Å². The molecule has 2 rings (SSSR count). The van der Waals surface area contributed by atoms with Crippen LogP contribution >= 0.6 is 0 Å². The Bertz CT molecular complexity index is 628. The number of benzene rings is 2. The van der Waals surface area contributed by atoms with Crippen molar-refractivity contribution in [1.29, 1.82) is 5.26 Å². The summed E-state index contributed by atoms with van der Waals surface area (Å²) >= 11 is 0. The SMILES string of the molecule is CC(C)(C)c1ccc(-c2ccc(C#N)c(O)c2)cc1. The van der Waals surface area contributed by atoms with E-state index in [2.05, 4.69) is 32.9 Å². The smallest absolute Gasteiger partial charge is 0.133 e. The van der Waals surface area contributed by atoms with Gasteiger partial charge in [-0.15, -0.1) is 0 Å². The second kappa shape index (κ2) is 4.78. The van der Waals surface area contributed by atoms with Crippen LogP contribution in [0.5, 0.6) is 5.75 Å². The van der Waals surface area contributed by atoms with Gasteiger partial charge in [0.15, 0.2) is 0 Å². The van der Waals surface area contributed by atoms with Gasteiger partial charge in [0.1, 0.15) is 11.8 Å². The van der Waals surface area contributed by atoms with Crippen molar-refractivity contribution in [3.63, 3.8) is 0 Å². The maximum Gasteiger partial charge on any atom is 0.133 e. The van der Waals surface area contributed by atoms with E-state index in [0.29, 0.717) is 5.56 Å². The molecule has 0 spiro atoms. The van der Waals surface area contributed by atoms with Crippen molar-refractivity contribution < 1.29 is 5.11 Å². The Morgan fingerprint density at radius 3 is 2.00 bits per heavy atom. The van der Waals surface area contributed by atoms with Crippen LogP contribution in [-0.4, -0.2) is 5.11 Å². The summed E-state index contributed by atoms with van der Waals surface area (Å²) in [7, 11) is 0. The molecule has 0 aliphatic heterocycles. The van der Waals surface area contributed by atoms with E-state index in [-0.39, 0.29) is 11.2 Å². The molecule has 0 aliphatic carbocycles. The van der Waals surface area contributed by atoms with Gasteiger partial charge in [-0.05, 0) is 34.2 Å². The first-order valence-electron chi connectivity index (χ1n) is 6.26. The van der Waals surface area contributed by atoms with Crippen LogP contribution in [0, 0.1) is 11.3 Å². The van der Waals surface area contributed by atoms with Gasteiger partial charge in [-0.3, -0.25) is 0 Å². The Morgan fingerprint density at radius 1 is 0.947 bits per heavy atom. The number of rotatable bonds is 1. The van der Waals surface area contributed by atoms with E-state index in [9.17, 15) is 5.11 Å². The van der Waals surface area contributed by atoms with Gasteiger partial charge < -0.3 is 5.11 Å². The molecule has 1 N–H and O–H groups in total. The molecular formula is C17H17NO. The highest BCUT2D eigenvalue weighted by Crippen LogP contribution is 2.28. The third-order valence-electron chi connectivity index (χ3n) is 3.20. The third kappa shape index (κ3) is 2.77. The summed E-state index contributed by atoms with van der Waals surface area (Å²) in [6.07, 6.45) is 0. The van der Waals surface area contributed by atoms with Crippen molar-refractivity contribution in [3.8, 4) is 22.9 Å². The molecule has 0 heterocycles. The van der Waals surface area contributed by atoms with E-state index >= 15 is 0 Å².